The van der Waals surface area contributed by atoms with Crippen molar-refractivity contribution < 1.29 is 14.0 Å². The van der Waals surface area contributed by atoms with Crippen molar-refractivity contribution in [3.63, 3.8) is 0 Å². The highest BCUT2D eigenvalue weighted by Crippen LogP contribution is 2.35. The zero-order chi connectivity index (χ0) is 22.5. The Morgan fingerprint density at radius 2 is 1.81 bits per heavy atom. The third kappa shape index (κ3) is 5.64. The monoisotopic (exact) mass is 472 g/mol. The summed E-state index contributed by atoms with van der Waals surface area (Å²) in [7, 11) is 0. The van der Waals surface area contributed by atoms with Crippen LogP contribution < -0.4 is 21.3 Å². The number of anilines is 2. The molecule has 6 nitrogen and oxygen atoms in total. The van der Waals surface area contributed by atoms with Crippen molar-refractivity contribution >= 4 is 46.3 Å². The topological polar surface area (TPSA) is 82.3 Å². The van der Waals surface area contributed by atoms with Gasteiger partial charge >= 0.3 is 6.03 Å². The first-order valence-corrected chi connectivity index (χ1v) is 11.4. The standard InChI is InChI=1S/C23H22ClFN4O2S/c24-15-5-3-14(4-6-15)20-12-19(29-23(31)28-17-9-7-16(25)8-10-17)21(32-20)22(30)27-18-2-1-11-26-13-18/h3-10,12,18,26H,1-2,11,13H2,(H,27,30)(H2,28,29,31)/t18-/m0/s1. The van der Waals surface area contributed by atoms with Gasteiger partial charge in [-0.3, -0.25) is 4.79 Å². The fourth-order valence-corrected chi connectivity index (χ4v) is 4.60. The molecule has 0 saturated carbocycles. The second kappa shape index (κ2) is 10.1. The summed E-state index contributed by atoms with van der Waals surface area (Å²) >= 11 is 7.29. The van der Waals surface area contributed by atoms with Crippen molar-refractivity contribution in [1.29, 1.82) is 0 Å². The smallest absolute Gasteiger partial charge is 0.323 e. The van der Waals surface area contributed by atoms with Crippen molar-refractivity contribution in [2.75, 3.05) is 23.7 Å². The number of hydrogen-bond acceptors (Lipinski definition) is 4. The number of rotatable bonds is 5. The molecule has 0 spiro atoms. The normalized spacial score (nSPS) is 15.8. The van der Waals surface area contributed by atoms with E-state index in [1.54, 1.807) is 18.2 Å². The number of carbonyl (C=O) groups excluding carboxylic acids is 2. The maximum Gasteiger partial charge on any atom is 0.323 e. The fraction of sp³-hybridized carbons (Fsp3) is 0.217. The Morgan fingerprint density at radius 1 is 1.06 bits per heavy atom. The van der Waals surface area contributed by atoms with Crippen LogP contribution >= 0.6 is 22.9 Å². The van der Waals surface area contributed by atoms with E-state index in [1.165, 1.54) is 35.6 Å². The van der Waals surface area contributed by atoms with E-state index in [0.717, 1.165) is 36.4 Å². The van der Waals surface area contributed by atoms with Gasteiger partial charge in [-0.05, 0) is 67.4 Å². The Kier molecular flexibility index (Phi) is 7.04. The van der Waals surface area contributed by atoms with Crippen LogP contribution in [-0.2, 0) is 0 Å². The van der Waals surface area contributed by atoms with Crippen LogP contribution in [0.5, 0.6) is 0 Å². The van der Waals surface area contributed by atoms with Crippen LogP contribution in [0.25, 0.3) is 10.4 Å². The molecule has 0 aliphatic carbocycles. The molecule has 0 bridgehead atoms. The van der Waals surface area contributed by atoms with Crippen LogP contribution in [0.2, 0.25) is 5.02 Å². The van der Waals surface area contributed by atoms with E-state index in [2.05, 4.69) is 21.3 Å². The van der Waals surface area contributed by atoms with Gasteiger partial charge in [-0.2, -0.15) is 0 Å². The third-order valence-electron chi connectivity index (χ3n) is 5.05. The molecular weight excluding hydrogens is 451 g/mol. The molecule has 4 N–H and O–H groups in total. The molecule has 1 aliphatic rings. The second-order valence-electron chi connectivity index (χ2n) is 7.46. The van der Waals surface area contributed by atoms with Crippen LogP contribution in [0, 0.1) is 5.82 Å². The van der Waals surface area contributed by atoms with E-state index in [-0.39, 0.29) is 11.9 Å². The molecule has 1 aliphatic heterocycles. The number of urea groups is 1. The lowest BCUT2D eigenvalue weighted by atomic mass is 10.1. The van der Waals surface area contributed by atoms with Gasteiger partial charge < -0.3 is 21.3 Å². The van der Waals surface area contributed by atoms with E-state index in [4.69, 9.17) is 11.6 Å². The van der Waals surface area contributed by atoms with Gasteiger partial charge in [-0.1, -0.05) is 23.7 Å². The van der Waals surface area contributed by atoms with Crippen molar-refractivity contribution in [2.24, 2.45) is 0 Å². The van der Waals surface area contributed by atoms with Gasteiger partial charge in [-0.15, -0.1) is 11.3 Å². The molecule has 2 aromatic carbocycles. The molecule has 0 radical (unpaired) electrons. The summed E-state index contributed by atoms with van der Waals surface area (Å²) in [6.07, 6.45) is 1.90. The first-order chi connectivity index (χ1) is 15.5. The highest BCUT2D eigenvalue weighted by molar-refractivity contribution is 7.18. The number of carbonyl (C=O) groups is 2. The zero-order valence-electron chi connectivity index (χ0n) is 17.1. The van der Waals surface area contributed by atoms with Crippen LogP contribution in [-0.4, -0.2) is 31.1 Å². The molecule has 1 saturated heterocycles. The highest BCUT2D eigenvalue weighted by Gasteiger charge is 2.22. The molecule has 1 atom stereocenters. The molecule has 32 heavy (non-hydrogen) atoms. The van der Waals surface area contributed by atoms with Gasteiger partial charge in [0.2, 0.25) is 0 Å². The summed E-state index contributed by atoms with van der Waals surface area (Å²) in [5.41, 5.74) is 1.73. The molecular formula is C23H22ClFN4O2S. The predicted molar refractivity (Wildman–Crippen MR) is 127 cm³/mol. The second-order valence-corrected chi connectivity index (χ2v) is 8.95. The van der Waals surface area contributed by atoms with Crippen LogP contribution in [0.3, 0.4) is 0 Å². The minimum absolute atomic E-state index is 0.0400. The number of piperidine rings is 1. The Labute approximate surface area is 194 Å². The minimum atomic E-state index is -0.523. The van der Waals surface area contributed by atoms with Crippen molar-refractivity contribution in [2.45, 2.75) is 18.9 Å². The number of halogens is 2. The van der Waals surface area contributed by atoms with Gasteiger partial charge in [0.1, 0.15) is 10.7 Å². The quantitative estimate of drug-likeness (QED) is 0.405. The molecule has 9 heteroatoms. The number of thiophene rings is 1. The van der Waals surface area contributed by atoms with E-state index in [0.29, 0.717) is 21.3 Å². The SMILES string of the molecule is O=C(Nc1ccc(F)cc1)Nc1cc(-c2ccc(Cl)cc2)sc1C(=O)N[C@H]1CCCNC1. The van der Waals surface area contributed by atoms with E-state index in [9.17, 15) is 14.0 Å². The van der Waals surface area contributed by atoms with Gasteiger partial charge in [0.15, 0.2) is 0 Å². The van der Waals surface area contributed by atoms with Crippen molar-refractivity contribution in [1.82, 2.24) is 10.6 Å². The molecule has 166 valence electrons. The molecule has 3 amide bonds. The van der Waals surface area contributed by atoms with Crippen LogP contribution in [0.1, 0.15) is 22.5 Å². The maximum absolute atomic E-state index is 13.1. The van der Waals surface area contributed by atoms with Crippen molar-refractivity contribution in [3.05, 3.63) is 70.3 Å². The van der Waals surface area contributed by atoms with E-state index in [1.807, 2.05) is 12.1 Å². The van der Waals surface area contributed by atoms with Crippen LogP contribution in [0.15, 0.2) is 54.6 Å². The Hall–Kier alpha value is -2.94. The average Bonchev–Trinajstić information content (AvgIpc) is 3.20. The Bertz CT molecular complexity index is 1100. The molecule has 3 aromatic rings. The summed E-state index contributed by atoms with van der Waals surface area (Å²) < 4.78 is 13.1. The molecule has 4 rings (SSSR count). The maximum atomic E-state index is 13.1. The average molecular weight is 473 g/mol. The lowest BCUT2D eigenvalue weighted by molar-refractivity contribution is 0.0935. The zero-order valence-corrected chi connectivity index (χ0v) is 18.7. The van der Waals surface area contributed by atoms with Crippen LogP contribution in [0.4, 0.5) is 20.6 Å². The number of nitrogens with one attached hydrogen (secondary N) is 4. The van der Waals surface area contributed by atoms with Crippen molar-refractivity contribution in [3.8, 4) is 10.4 Å². The number of amides is 3. The van der Waals surface area contributed by atoms with E-state index < -0.39 is 11.8 Å². The molecule has 1 aromatic heterocycles. The summed E-state index contributed by atoms with van der Waals surface area (Å²) in [4.78, 5) is 26.8. The summed E-state index contributed by atoms with van der Waals surface area (Å²) in [6, 6.07) is 14.0. The first-order valence-electron chi connectivity index (χ1n) is 10.2. The van der Waals surface area contributed by atoms with Gasteiger partial charge in [0.25, 0.3) is 5.91 Å². The lowest BCUT2D eigenvalue weighted by Gasteiger charge is -2.23. The van der Waals surface area contributed by atoms with E-state index >= 15 is 0 Å². The predicted octanol–water partition coefficient (Wildman–Crippen LogP) is 5.33. The number of benzene rings is 2. The lowest BCUT2D eigenvalue weighted by Crippen LogP contribution is -2.45. The minimum Gasteiger partial charge on any atom is -0.347 e. The Morgan fingerprint density at radius 3 is 2.50 bits per heavy atom. The first kappa shape index (κ1) is 22.3. The Balaban J connectivity index is 1.56. The molecule has 1 fully saturated rings. The fourth-order valence-electron chi connectivity index (χ4n) is 3.45. The van der Waals surface area contributed by atoms with Gasteiger partial charge in [-0.25, -0.2) is 9.18 Å². The van der Waals surface area contributed by atoms with Gasteiger partial charge in [0.05, 0.1) is 5.69 Å². The molecule has 2 heterocycles. The highest BCUT2D eigenvalue weighted by atomic mass is 35.5. The largest absolute Gasteiger partial charge is 0.347 e. The van der Waals surface area contributed by atoms with Gasteiger partial charge in [0, 0.05) is 28.2 Å². The number of hydrogen-bond donors (Lipinski definition) is 4. The third-order valence-corrected chi connectivity index (χ3v) is 6.48. The summed E-state index contributed by atoms with van der Waals surface area (Å²) in [5, 5.41) is 12.4. The summed E-state index contributed by atoms with van der Waals surface area (Å²) in [6.45, 7) is 1.66. The summed E-state index contributed by atoms with van der Waals surface area (Å²) in [5.74, 6) is -0.626. The molecule has 0 unspecified atom stereocenters.